The quantitative estimate of drug-likeness (QED) is 0.676. The van der Waals surface area contributed by atoms with Crippen molar-refractivity contribution in [2.75, 3.05) is 20.3 Å². The van der Waals surface area contributed by atoms with Crippen LogP contribution in [0.4, 0.5) is 13.2 Å². The molecule has 1 fully saturated rings. The summed E-state index contributed by atoms with van der Waals surface area (Å²) >= 11 is 0. The topological polar surface area (TPSA) is 48.0 Å². The van der Waals surface area contributed by atoms with Crippen LogP contribution >= 0.6 is 0 Å². The molecule has 0 spiro atoms. The molecule has 1 rings (SSSR count). The van der Waals surface area contributed by atoms with E-state index in [1.165, 1.54) is 7.11 Å². The SMILES string of the molecule is CCCC(OC)OCC1CCCCN1OC(=O)C(F)(F)F. The minimum Gasteiger partial charge on any atom is -0.360 e. The Bertz CT molecular complexity index is 325. The van der Waals surface area contributed by atoms with Crippen LogP contribution in [0.2, 0.25) is 0 Å². The smallest absolute Gasteiger partial charge is 0.360 e. The molecule has 0 aromatic rings. The molecule has 0 aromatic heterocycles. The van der Waals surface area contributed by atoms with Gasteiger partial charge in [-0.2, -0.15) is 13.2 Å². The fourth-order valence-electron chi connectivity index (χ4n) is 2.14. The van der Waals surface area contributed by atoms with Gasteiger partial charge >= 0.3 is 12.1 Å². The van der Waals surface area contributed by atoms with Crippen molar-refractivity contribution < 1.29 is 32.3 Å². The fraction of sp³-hybridized carbons (Fsp3) is 0.923. The molecular formula is C13H22F3NO4. The Labute approximate surface area is 122 Å². The number of methoxy groups -OCH3 is 1. The second kappa shape index (κ2) is 8.55. The third-order valence-corrected chi connectivity index (χ3v) is 3.27. The van der Waals surface area contributed by atoms with Gasteiger partial charge in [-0.3, -0.25) is 0 Å². The number of piperidine rings is 1. The van der Waals surface area contributed by atoms with E-state index >= 15 is 0 Å². The third-order valence-electron chi connectivity index (χ3n) is 3.27. The van der Waals surface area contributed by atoms with E-state index in [2.05, 4.69) is 4.84 Å². The largest absolute Gasteiger partial charge is 0.492 e. The first-order valence-electron chi connectivity index (χ1n) is 7.08. The minimum atomic E-state index is -4.99. The summed E-state index contributed by atoms with van der Waals surface area (Å²) in [5, 5.41) is 1.08. The van der Waals surface area contributed by atoms with Crippen LogP contribution in [0.5, 0.6) is 0 Å². The number of halogens is 3. The Hall–Kier alpha value is -0.860. The zero-order chi connectivity index (χ0) is 15.9. The van der Waals surface area contributed by atoms with E-state index < -0.39 is 18.4 Å². The molecule has 2 atom stereocenters. The molecule has 1 aliphatic heterocycles. The molecule has 2 unspecified atom stereocenters. The maximum absolute atomic E-state index is 12.2. The van der Waals surface area contributed by atoms with Gasteiger partial charge in [0, 0.05) is 13.7 Å². The summed E-state index contributed by atoms with van der Waals surface area (Å²) < 4.78 is 47.4. The first-order chi connectivity index (χ1) is 9.88. The number of carbonyl (C=O) groups is 1. The Balaban J connectivity index is 2.51. The molecule has 124 valence electrons. The van der Waals surface area contributed by atoms with Gasteiger partial charge in [0.25, 0.3) is 0 Å². The summed E-state index contributed by atoms with van der Waals surface area (Å²) in [5.41, 5.74) is 0. The van der Waals surface area contributed by atoms with Crippen LogP contribution in [0.3, 0.4) is 0 Å². The van der Waals surface area contributed by atoms with E-state index in [-0.39, 0.29) is 19.2 Å². The summed E-state index contributed by atoms with van der Waals surface area (Å²) in [5.74, 6) is -2.19. The normalized spacial score (nSPS) is 22.0. The molecule has 5 nitrogen and oxygen atoms in total. The molecule has 0 bridgehead atoms. The van der Waals surface area contributed by atoms with Gasteiger partial charge < -0.3 is 14.3 Å². The number of rotatable bonds is 7. The van der Waals surface area contributed by atoms with Gasteiger partial charge in [0.2, 0.25) is 0 Å². The second-order valence-corrected chi connectivity index (χ2v) is 4.95. The molecule has 0 aromatic carbocycles. The number of alkyl halides is 3. The van der Waals surface area contributed by atoms with Crippen LogP contribution in [0.15, 0.2) is 0 Å². The molecule has 1 heterocycles. The second-order valence-electron chi connectivity index (χ2n) is 4.95. The number of hydrogen-bond donors (Lipinski definition) is 0. The van der Waals surface area contributed by atoms with E-state index in [9.17, 15) is 18.0 Å². The summed E-state index contributed by atoms with van der Waals surface area (Å²) in [6, 6.07) is -0.375. The zero-order valence-electron chi connectivity index (χ0n) is 12.3. The van der Waals surface area contributed by atoms with Crippen molar-refractivity contribution in [2.45, 2.75) is 57.5 Å². The average Bonchev–Trinajstić information content (AvgIpc) is 2.43. The van der Waals surface area contributed by atoms with Gasteiger partial charge in [-0.05, 0) is 19.3 Å². The van der Waals surface area contributed by atoms with Crippen LogP contribution in [0, 0.1) is 0 Å². The van der Waals surface area contributed by atoms with Crippen molar-refractivity contribution in [1.82, 2.24) is 5.06 Å². The van der Waals surface area contributed by atoms with Crippen LogP contribution < -0.4 is 0 Å². The van der Waals surface area contributed by atoms with Crippen molar-refractivity contribution in [1.29, 1.82) is 0 Å². The lowest BCUT2D eigenvalue weighted by Crippen LogP contribution is -2.46. The van der Waals surface area contributed by atoms with Gasteiger partial charge in [0.15, 0.2) is 6.29 Å². The number of nitrogens with zero attached hydrogens (tertiary/aromatic N) is 1. The van der Waals surface area contributed by atoms with E-state index in [1.54, 1.807) is 0 Å². The molecular weight excluding hydrogens is 291 g/mol. The highest BCUT2D eigenvalue weighted by molar-refractivity contribution is 5.75. The van der Waals surface area contributed by atoms with Crippen LogP contribution in [-0.2, 0) is 19.1 Å². The Kier molecular flexibility index (Phi) is 7.41. The molecule has 1 aliphatic rings. The number of hydrogen-bond acceptors (Lipinski definition) is 5. The third kappa shape index (κ3) is 6.19. The monoisotopic (exact) mass is 313 g/mol. The fourth-order valence-corrected chi connectivity index (χ4v) is 2.14. The first kappa shape index (κ1) is 18.2. The number of carbonyl (C=O) groups excluding carboxylic acids is 1. The Morgan fingerprint density at radius 1 is 1.38 bits per heavy atom. The van der Waals surface area contributed by atoms with Crippen molar-refractivity contribution in [3.8, 4) is 0 Å². The van der Waals surface area contributed by atoms with Gasteiger partial charge in [0.1, 0.15) is 0 Å². The van der Waals surface area contributed by atoms with Gasteiger partial charge in [-0.25, -0.2) is 4.79 Å². The summed E-state index contributed by atoms with van der Waals surface area (Å²) in [7, 11) is 1.52. The van der Waals surface area contributed by atoms with Crippen molar-refractivity contribution in [3.05, 3.63) is 0 Å². The van der Waals surface area contributed by atoms with E-state index in [0.717, 1.165) is 17.9 Å². The first-order valence-corrected chi connectivity index (χ1v) is 7.08. The van der Waals surface area contributed by atoms with Gasteiger partial charge in [-0.1, -0.05) is 19.8 Å². The van der Waals surface area contributed by atoms with E-state index in [4.69, 9.17) is 9.47 Å². The summed E-state index contributed by atoms with van der Waals surface area (Å²) in [6.07, 6.45) is -1.64. The van der Waals surface area contributed by atoms with Crippen molar-refractivity contribution >= 4 is 5.97 Å². The van der Waals surface area contributed by atoms with E-state index in [0.29, 0.717) is 19.3 Å². The molecule has 0 saturated carbocycles. The lowest BCUT2D eigenvalue weighted by Gasteiger charge is -2.34. The Morgan fingerprint density at radius 3 is 2.67 bits per heavy atom. The zero-order valence-corrected chi connectivity index (χ0v) is 12.3. The molecule has 0 aliphatic carbocycles. The molecule has 0 N–H and O–H groups in total. The lowest BCUT2D eigenvalue weighted by atomic mass is 10.1. The highest BCUT2D eigenvalue weighted by Gasteiger charge is 2.43. The lowest BCUT2D eigenvalue weighted by molar-refractivity contribution is -0.257. The van der Waals surface area contributed by atoms with Gasteiger partial charge in [-0.15, -0.1) is 5.06 Å². The molecule has 0 radical (unpaired) electrons. The van der Waals surface area contributed by atoms with Crippen LogP contribution in [0.1, 0.15) is 39.0 Å². The molecule has 1 saturated heterocycles. The minimum absolute atomic E-state index is 0.170. The van der Waals surface area contributed by atoms with Crippen molar-refractivity contribution in [2.24, 2.45) is 0 Å². The van der Waals surface area contributed by atoms with Gasteiger partial charge in [0.05, 0.1) is 12.6 Å². The highest BCUT2D eigenvalue weighted by Crippen LogP contribution is 2.23. The predicted octanol–water partition coefficient (Wildman–Crippen LogP) is 2.65. The maximum Gasteiger partial charge on any atom is 0.492 e. The van der Waals surface area contributed by atoms with E-state index in [1.807, 2.05) is 6.92 Å². The maximum atomic E-state index is 12.2. The standard InChI is InChI=1S/C13H22F3NO4/c1-3-6-11(19-2)20-9-10-7-4-5-8-17(10)21-12(18)13(14,15)16/h10-11H,3-9H2,1-2H3. The molecule has 0 amide bonds. The summed E-state index contributed by atoms with van der Waals surface area (Å²) in [4.78, 5) is 15.4. The predicted molar refractivity (Wildman–Crippen MR) is 68.1 cm³/mol. The number of hydroxylamine groups is 2. The highest BCUT2D eigenvalue weighted by atomic mass is 19.4. The molecule has 8 heteroatoms. The average molecular weight is 313 g/mol. The van der Waals surface area contributed by atoms with Crippen molar-refractivity contribution in [3.63, 3.8) is 0 Å². The number of ether oxygens (including phenoxy) is 2. The van der Waals surface area contributed by atoms with Crippen LogP contribution in [0.25, 0.3) is 0 Å². The Morgan fingerprint density at radius 2 is 2.10 bits per heavy atom. The summed E-state index contributed by atoms with van der Waals surface area (Å²) in [6.45, 7) is 2.43. The molecule has 21 heavy (non-hydrogen) atoms. The van der Waals surface area contributed by atoms with Crippen LogP contribution in [-0.4, -0.2) is 49.8 Å².